The highest BCUT2D eigenvalue weighted by Gasteiger charge is 2.14. The second-order valence-electron chi connectivity index (χ2n) is 3.06. The molecule has 0 bridgehead atoms. The maximum atomic E-state index is 13.6. The first-order valence-electron chi connectivity index (χ1n) is 4.25. The molecule has 0 heterocycles. The molecule has 78 valence electrons. The van der Waals surface area contributed by atoms with Gasteiger partial charge in [-0.1, -0.05) is 0 Å². The lowest BCUT2D eigenvalue weighted by molar-refractivity contribution is 0.227. The number of halogens is 2. The molecular formula is C10H12BrFO2. The van der Waals surface area contributed by atoms with Crippen molar-refractivity contribution < 1.29 is 13.9 Å². The quantitative estimate of drug-likeness (QED) is 0.832. The van der Waals surface area contributed by atoms with E-state index < -0.39 is 5.82 Å². The SMILES string of the molecule is COc1c(Br)ccc(OC(C)C)c1F. The number of benzene rings is 1. The fraction of sp³-hybridized carbons (Fsp3) is 0.400. The molecule has 0 aromatic heterocycles. The topological polar surface area (TPSA) is 18.5 Å². The first-order valence-corrected chi connectivity index (χ1v) is 5.04. The van der Waals surface area contributed by atoms with E-state index in [4.69, 9.17) is 9.47 Å². The number of hydrogen-bond acceptors (Lipinski definition) is 2. The van der Waals surface area contributed by atoms with E-state index in [0.29, 0.717) is 4.47 Å². The molecule has 0 spiro atoms. The van der Waals surface area contributed by atoms with Gasteiger partial charge in [-0.2, -0.15) is 4.39 Å². The van der Waals surface area contributed by atoms with E-state index in [1.807, 2.05) is 13.8 Å². The van der Waals surface area contributed by atoms with Crippen LogP contribution < -0.4 is 9.47 Å². The summed E-state index contributed by atoms with van der Waals surface area (Å²) in [7, 11) is 1.42. The van der Waals surface area contributed by atoms with E-state index >= 15 is 0 Å². The summed E-state index contributed by atoms with van der Waals surface area (Å²) in [6.45, 7) is 3.68. The molecule has 1 aromatic carbocycles. The summed E-state index contributed by atoms with van der Waals surface area (Å²) in [5, 5.41) is 0. The molecule has 0 aliphatic heterocycles. The maximum Gasteiger partial charge on any atom is 0.207 e. The van der Waals surface area contributed by atoms with Gasteiger partial charge in [0.15, 0.2) is 11.5 Å². The Labute approximate surface area is 91.2 Å². The number of methoxy groups -OCH3 is 1. The fourth-order valence-corrected chi connectivity index (χ4v) is 1.51. The third-order valence-electron chi connectivity index (χ3n) is 1.58. The first-order chi connectivity index (χ1) is 6.56. The van der Waals surface area contributed by atoms with Crippen LogP contribution in [0, 0.1) is 5.82 Å². The second kappa shape index (κ2) is 4.64. The van der Waals surface area contributed by atoms with E-state index in [1.54, 1.807) is 12.1 Å². The van der Waals surface area contributed by atoms with E-state index in [0.717, 1.165) is 0 Å². The highest BCUT2D eigenvalue weighted by molar-refractivity contribution is 9.10. The molecule has 0 saturated heterocycles. The molecule has 0 N–H and O–H groups in total. The Morgan fingerprint density at radius 3 is 2.50 bits per heavy atom. The van der Waals surface area contributed by atoms with Gasteiger partial charge in [-0.3, -0.25) is 0 Å². The van der Waals surface area contributed by atoms with Crippen LogP contribution in [0.1, 0.15) is 13.8 Å². The first kappa shape index (κ1) is 11.3. The molecule has 0 aliphatic carbocycles. The minimum atomic E-state index is -0.476. The average molecular weight is 263 g/mol. The van der Waals surface area contributed by atoms with Crippen LogP contribution in [0.3, 0.4) is 0 Å². The molecule has 0 atom stereocenters. The third-order valence-corrected chi connectivity index (χ3v) is 2.20. The molecule has 1 rings (SSSR count). The predicted octanol–water partition coefficient (Wildman–Crippen LogP) is 3.38. The van der Waals surface area contributed by atoms with Crippen molar-refractivity contribution in [3.63, 3.8) is 0 Å². The van der Waals surface area contributed by atoms with Crippen LogP contribution in [0.15, 0.2) is 16.6 Å². The Kier molecular flexibility index (Phi) is 3.75. The molecule has 0 aliphatic rings. The zero-order chi connectivity index (χ0) is 10.7. The summed E-state index contributed by atoms with van der Waals surface area (Å²) < 4.78 is 24.4. The van der Waals surface area contributed by atoms with Crippen LogP contribution >= 0.6 is 15.9 Å². The van der Waals surface area contributed by atoms with Crippen molar-refractivity contribution in [2.75, 3.05) is 7.11 Å². The zero-order valence-corrected chi connectivity index (χ0v) is 9.89. The smallest absolute Gasteiger partial charge is 0.207 e. The molecule has 0 fully saturated rings. The minimum absolute atomic E-state index is 0.0598. The van der Waals surface area contributed by atoms with Crippen molar-refractivity contribution in [2.45, 2.75) is 20.0 Å². The van der Waals surface area contributed by atoms with Crippen molar-refractivity contribution in [2.24, 2.45) is 0 Å². The summed E-state index contributed by atoms with van der Waals surface area (Å²) in [5.41, 5.74) is 0. The van der Waals surface area contributed by atoms with Gasteiger partial charge in [-0.15, -0.1) is 0 Å². The van der Waals surface area contributed by atoms with Gasteiger partial charge < -0.3 is 9.47 Å². The Morgan fingerprint density at radius 2 is 2.00 bits per heavy atom. The van der Waals surface area contributed by atoms with E-state index in [2.05, 4.69) is 15.9 Å². The molecular weight excluding hydrogens is 251 g/mol. The van der Waals surface area contributed by atoms with Crippen LogP contribution in [-0.4, -0.2) is 13.2 Å². The lowest BCUT2D eigenvalue weighted by atomic mass is 10.3. The molecule has 2 nitrogen and oxygen atoms in total. The predicted molar refractivity (Wildman–Crippen MR) is 56.4 cm³/mol. The van der Waals surface area contributed by atoms with Gasteiger partial charge in [0.25, 0.3) is 0 Å². The van der Waals surface area contributed by atoms with Crippen molar-refractivity contribution in [1.29, 1.82) is 0 Å². The minimum Gasteiger partial charge on any atom is -0.492 e. The average Bonchev–Trinajstić information content (AvgIpc) is 2.10. The lowest BCUT2D eigenvalue weighted by Gasteiger charge is -2.13. The van der Waals surface area contributed by atoms with Gasteiger partial charge in [-0.25, -0.2) is 0 Å². The van der Waals surface area contributed by atoms with Crippen LogP contribution in [-0.2, 0) is 0 Å². The van der Waals surface area contributed by atoms with Crippen molar-refractivity contribution in [1.82, 2.24) is 0 Å². The molecule has 14 heavy (non-hydrogen) atoms. The van der Waals surface area contributed by atoms with Gasteiger partial charge >= 0.3 is 0 Å². The summed E-state index contributed by atoms with van der Waals surface area (Å²) in [4.78, 5) is 0. The van der Waals surface area contributed by atoms with Gasteiger partial charge in [0.2, 0.25) is 5.82 Å². The normalized spacial score (nSPS) is 10.4. The largest absolute Gasteiger partial charge is 0.492 e. The Bertz CT molecular complexity index is 326. The van der Waals surface area contributed by atoms with Gasteiger partial charge in [-0.05, 0) is 41.9 Å². The molecule has 1 aromatic rings. The van der Waals surface area contributed by atoms with Crippen LogP contribution in [0.5, 0.6) is 11.5 Å². The zero-order valence-electron chi connectivity index (χ0n) is 8.30. The Morgan fingerprint density at radius 1 is 1.36 bits per heavy atom. The number of hydrogen-bond donors (Lipinski definition) is 0. The summed E-state index contributed by atoms with van der Waals surface area (Å²) in [5.74, 6) is -0.0984. The standard InChI is InChI=1S/C10H12BrFO2/c1-6(2)14-8-5-4-7(11)10(13-3)9(8)12/h4-6H,1-3H3. The molecule has 0 unspecified atom stereocenters. The Balaban J connectivity index is 3.08. The van der Waals surface area contributed by atoms with Gasteiger partial charge in [0, 0.05) is 0 Å². The van der Waals surface area contributed by atoms with E-state index in [1.165, 1.54) is 7.11 Å². The van der Waals surface area contributed by atoms with Crippen LogP contribution in [0.4, 0.5) is 4.39 Å². The number of ether oxygens (including phenoxy) is 2. The highest BCUT2D eigenvalue weighted by atomic mass is 79.9. The number of rotatable bonds is 3. The summed E-state index contributed by atoms with van der Waals surface area (Å²) in [6, 6.07) is 3.27. The summed E-state index contributed by atoms with van der Waals surface area (Å²) >= 11 is 3.19. The monoisotopic (exact) mass is 262 g/mol. The highest BCUT2D eigenvalue weighted by Crippen LogP contribution is 2.34. The molecule has 4 heteroatoms. The third kappa shape index (κ3) is 2.38. The van der Waals surface area contributed by atoms with Crippen molar-refractivity contribution in [3.8, 4) is 11.5 Å². The fourth-order valence-electron chi connectivity index (χ4n) is 1.05. The van der Waals surface area contributed by atoms with E-state index in [-0.39, 0.29) is 17.6 Å². The lowest BCUT2D eigenvalue weighted by Crippen LogP contribution is -2.07. The molecule has 0 radical (unpaired) electrons. The molecule has 0 amide bonds. The van der Waals surface area contributed by atoms with Crippen LogP contribution in [0.2, 0.25) is 0 Å². The Hall–Kier alpha value is -0.770. The summed E-state index contributed by atoms with van der Waals surface area (Å²) in [6.07, 6.45) is -0.0598. The van der Waals surface area contributed by atoms with Crippen molar-refractivity contribution in [3.05, 3.63) is 22.4 Å². The van der Waals surface area contributed by atoms with E-state index in [9.17, 15) is 4.39 Å². The van der Waals surface area contributed by atoms with Crippen LogP contribution in [0.25, 0.3) is 0 Å². The molecule has 0 saturated carbocycles. The van der Waals surface area contributed by atoms with Gasteiger partial charge in [0.05, 0.1) is 17.7 Å². The maximum absolute atomic E-state index is 13.6. The second-order valence-corrected chi connectivity index (χ2v) is 3.91. The van der Waals surface area contributed by atoms with Gasteiger partial charge in [0.1, 0.15) is 0 Å². The van der Waals surface area contributed by atoms with Crippen molar-refractivity contribution >= 4 is 15.9 Å².